The molecule has 0 atom stereocenters. The molecular weight excluding hydrogens is 299 g/mol. The Hall–Kier alpha value is -1.78. The van der Waals surface area contributed by atoms with Gasteiger partial charge in [0.05, 0.1) is 0 Å². The first-order valence-corrected chi connectivity index (χ1v) is 8.70. The largest absolute Gasteiger partial charge is 0.489 e. The van der Waals surface area contributed by atoms with Crippen molar-refractivity contribution in [2.24, 2.45) is 11.8 Å². The Labute approximate surface area is 143 Å². The van der Waals surface area contributed by atoms with Gasteiger partial charge < -0.3 is 14.5 Å². The zero-order chi connectivity index (χ0) is 17.4. The van der Waals surface area contributed by atoms with Crippen LogP contribution < -0.4 is 5.46 Å². The van der Waals surface area contributed by atoms with E-state index in [1.54, 1.807) is 0 Å². The van der Waals surface area contributed by atoms with Gasteiger partial charge in [0.1, 0.15) is 11.2 Å². The van der Waals surface area contributed by atoms with Crippen molar-refractivity contribution in [3.05, 3.63) is 41.5 Å². The average molecular weight is 324 g/mol. The van der Waals surface area contributed by atoms with Gasteiger partial charge in [-0.3, -0.25) is 0 Å². The minimum atomic E-state index is -1.47. The Morgan fingerprint density at radius 3 is 2.25 bits per heavy atom. The van der Waals surface area contributed by atoms with Crippen LogP contribution in [0.4, 0.5) is 0 Å². The summed E-state index contributed by atoms with van der Waals surface area (Å²) < 4.78 is 6.07. The summed E-state index contributed by atoms with van der Waals surface area (Å²) in [4.78, 5) is 0. The van der Waals surface area contributed by atoms with E-state index in [1.165, 1.54) is 0 Å². The van der Waals surface area contributed by atoms with Crippen LogP contribution >= 0.6 is 0 Å². The van der Waals surface area contributed by atoms with Crippen molar-refractivity contribution >= 4 is 34.5 Å². The predicted octanol–water partition coefficient (Wildman–Crippen LogP) is 3.66. The van der Waals surface area contributed by atoms with Crippen molar-refractivity contribution in [2.75, 3.05) is 0 Å². The lowest BCUT2D eigenvalue weighted by Gasteiger charge is -2.18. The van der Waals surface area contributed by atoms with Crippen LogP contribution in [-0.4, -0.2) is 17.2 Å². The van der Waals surface area contributed by atoms with Gasteiger partial charge >= 0.3 is 7.12 Å². The van der Waals surface area contributed by atoms with Gasteiger partial charge in [-0.2, -0.15) is 0 Å². The lowest BCUT2D eigenvalue weighted by atomic mass is 9.70. The first-order chi connectivity index (χ1) is 11.4. The first-order valence-electron chi connectivity index (χ1n) is 8.70. The molecule has 2 N–H and O–H groups in total. The fourth-order valence-corrected chi connectivity index (χ4v) is 3.59. The molecule has 0 amide bonds. The number of fused-ring (bicyclic) bond motifs is 3. The van der Waals surface area contributed by atoms with Gasteiger partial charge in [0.25, 0.3) is 0 Å². The highest BCUT2D eigenvalue weighted by atomic mass is 16.4. The number of hydrogen-bond acceptors (Lipinski definition) is 3. The van der Waals surface area contributed by atoms with E-state index in [2.05, 4.69) is 27.7 Å². The SMILES string of the molecule is CC(C)Cc1cc2oc3ccccc3c2c(CC(C)C)c1B(O)O. The molecule has 0 radical (unpaired) electrons. The van der Waals surface area contributed by atoms with E-state index in [-0.39, 0.29) is 0 Å². The normalized spacial score (nSPS) is 12.0. The summed E-state index contributed by atoms with van der Waals surface area (Å²) >= 11 is 0. The van der Waals surface area contributed by atoms with Gasteiger partial charge in [-0.05, 0) is 53.4 Å². The van der Waals surface area contributed by atoms with Crippen LogP contribution in [0.3, 0.4) is 0 Å². The summed E-state index contributed by atoms with van der Waals surface area (Å²) in [5.74, 6) is 0.838. The summed E-state index contributed by atoms with van der Waals surface area (Å²) in [5.41, 5.74) is 4.33. The predicted molar refractivity (Wildman–Crippen MR) is 101 cm³/mol. The van der Waals surface area contributed by atoms with Gasteiger partial charge in [-0.25, -0.2) is 0 Å². The topological polar surface area (TPSA) is 53.6 Å². The fourth-order valence-electron chi connectivity index (χ4n) is 3.59. The summed E-state index contributed by atoms with van der Waals surface area (Å²) in [6.45, 7) is 8.57. The molecule has 3 aromatic rings. The molecule has 0 unspecified atom stereocenters. The summed E-state index contributed by atoms with van der Waals surface area (Å²) in [7, 11) is -1.47. The van der Waals surface area contributed by atoms with Gasteiger partial charge in [0.2, 0.25) is 0 Å². The molecule has 0 aliphatic carbocycles. The molecule has 0 fully saturated rings. The molecule has 2 aromatic carbocycles. The maximum Gasteiger partial charge on any atom is 0.489 e. The van der Waals surface area contributed by atoms with Crippen molar-refractivity contribution in [1.82, 2.24) is 0 Å². The van der Waals surface area contributed by atoms with Gasteiger partial charge in [-0.15, -0.1) is 0 Å². The number of rotatable bonds is 5. The summed E-state index contributed by atoms with van der Waals surface area (Å²) in [5, 5.41) is 22.3. The Kier molecular flexibility index (Phi) is 4.70. The van der Waals surface area contributed by atoms with Crippen molar-refractivity contribution in [3.8, 4) is 0 Å². The van der Waals surface area contributed by atoms with Crippen LogP contribution in [0.25, 0.3) is 21.9 Å². The number of benzene rings is 2. The molecule has 0 aliphatic rings. The van der Waals surface area contributed by atoms with E-state index < -0.39 is 7.12 Å². The van der Waals surface area contributed by atoms with Gasteiger partial charge in [0.15, 0.2) is 0 Å². The quantitative estimate of drug-likeness (QED) is 0.704. The third kappa shape index (κ3) is 3.08. The van der Waals surface area contributed by atoms with E-state index >= 15 is 0 Å². The van der Waals surface area contributed by atoms with Gasteiger partial charge in [-0.1, -0.05) is 45.9 Å². The standard InChI is InChI=1S/C20H25BO3/c1-12(2)9-14-11-18-19(15-7-5-6-8-17(15)24-18)16(10-13(3)4)20(14)21(22)23/h5-8,11-13,22-23H,9-10H2,1-4H3. The molecule has 0 aliphatic heterocycles. The highest BCUT2D eigenvalue weighted by molar-refractivity contribution is 6.60. The molecule has 126 valence electrons. The highest BCUT2D eigenvalue weighted by Crippen LogP contribution is 2.33. The molecule has 0 spiro atoms. The van der Waals surface area contributed by atoms with E-state index in [4.69, 9.17) is 4.42 Å². The zero-order valence-electron chi connectivity index (χ0n) is 14.8. The maximum atomic E-state index is 10.1. The van der Waals surface area contributed by atoms with Crippen LogP contribution in [0.1, 0.15) is 38.8 Å². The molecule has 3 nitrogen and oxygen atoms in total. The minimum Gasteiger partial charge on any atom is -0.456 e. The number of furan rings is 1. The molecule has 1 aromatic heterocycles. The lowest BCUT2D eigenvalue weighted by Crippen LogP contribution is -2.37. The van der Waals surface area contributed by atoms with E-state index in [0.717, 1.165) is 45.9 Å². The second kappa shape index (κ2) is 6.62. The number of hydrogen-bond donors (Lipinski definition) is 2. The van der Waals surface area contributed by atoms with Crippen molar-refractivity contribution in [2.45, 2.75) is 40.5 Å². The number of para-hydroxylation sites is 1. The first kappa shape index (κ1) is 17.1. The fraction of sp³-hybridized carbons (Fsp3) is 0.400. The maximum absolute atomic E-state index is 10.1. The zero-order valence-corrected chi connectivity index (χ0v) is 14.8. The van der Waals surface area contributed by atoms with E-state index in [1.807, 2.05) is 30.3 Å². The Balaban J connectivity index is 2.40. The highest BCUT2D eigenvalue weighted by Gasteiger charge is 2.26. The third-order valence-corrected chi connectivity index (χ3v) is 4.40. The van der Waals surface area contributed by atoms with E-state index in [0.29, 0.717) is 17.3 Å². The Bertz CT molecular complexity index is 862. The minimum absolute atomic E-state index is 0.411. The second-order valence-electron chi connectivity index (χ2n) is 7.47. The Morgan fingerprint density at radius 2 is 1.62 bits per heavy atom. The van der Waals surface area contributed by atoms with E-state index in [9.17, 15) is 10.0 Å². The molecule has 4 heteroatoms. The smallest absolute Gasteiger partial charge is 0.456 e. The van der Waals surface area contributed by atoms with Gasteiger partial charge in [0, 0.05) is 10.8 Å². The van der Waals surface area contributed by atoms with Crippen molar-refractivity contribution in [1.29, 1.82) is 0 Å². The third-order valence-electron chi connectivity index (χ3n) is 4.40. The summed E-state index contributed by atoms with van der Waals surface area (Å²) in [6.07, 6.45) is 1.59. The van der Waals surface area contributed by atoms with Crippen LogP contribution in [0.5, 0.6) is 0 Å². The van der Waals surface area contributed by atoms with Crippen molar-refractivity contribution in [3.63, 3.8) is 0 Å². The molecule has 0 bridgehead atoms. The lowest BCUT2D eigenvalue weighted by molar-refractivity contribution is 0.424. The molecular formula is C20H25BO3. The molecule has 3 rings (SSSR count). The van der Waals surface area contributed by atoms with Crippen LogP contribution in [0.2, 0.25) is 0 Å². The monoisotopic (exact) mass is 324 g/mol. The van der Waals surface area contributed by atoms with Crippen molar-refractivity contribution < 1.29 is 14.5 Å². The average Bonchev–Trinajstić information content (AvgIpc) is 2.83. The van der Waals surface area contributed by atoms with Crippen LogP contribution in [-0.2, 0) is 12.8 Å². The van der Waals surface area contributed by atoms with Crippen LogP contribution in [0, 0.1) is 11.8 Å². The molecule has 1 heterocycles. The van der Waals surface area contributed by atoms with Crippen LogP contribution in [0.15, 0.2) is 34.7 Å². The second-order valence-corrected chi connectivity index (χ2v) is 7.47. The molecule has 0 saturated carbocycles. The Morgan fingerprint density at radius 1 is 0.958 bits per heavy atom. The summed E-state index contributed by atoms with van der Waals surface area (Å²) in [6, 6.07) is 9.96. The molecule has 24 heavy (non-hydrogen) atoms. The molecule has 0 saturated heterocycles.